The Hall–Kier alpha value is -9.22. The summed E-state index contributed by atoms with van der Waals surface area (Å²) >= 11 is 0. The number of anilines is 1. The van der Waals surface area contributed by atoms with E-state index in [2.05, 4.69) is 214 Å². The Morgan fingerprint density at radius 3 is 1.79 bits per heavy atom. The normalized spacial score (nSPS) is 11.5. The largest absolute Gasteiger partial charge is 0.872 e. The molecule has 1 aliphatic carbocycles. The Morgan fingerprint density at radius 2 is 1.19 bits per heavy atom. The number of aromatic hydroxyl groups is 1. The number of nitrogens with zero attached hydrogens (tertiary/aromatic N) is 4. The average molecular weight is 1080 g/mol. The number of aromatic carboxylic acids is 2. The van der Waals surface area contributed by atoms with E-state index in [1.807, 2.05) is 0 Å². The highest BCUT2D eigenvalue weighted by molar-refractivity contribution is 6.02. The van der Waals surface area contributed by atoms with E-state index in [1.54, 1.807) is 48.5 Å². The molecule has 0 bridgehead atoms. The summed E-state index contributed by atoms with van der Waals surface area (Å²) < 4.78 is 4.56. The van der Waals surface area contributed by atoms with Crippen molar-refractivity contribution in [2.75, 3.05) is 39.6 Å². The number of hydrogen-bond acceptors (Lipinski definition) is 6. The van der Waals surface area contributed by atoms with Gasteiger partial charge in [0, 0.05) is 79.0 Å². The molecule has 2 heterocycles. The van der Waals surface area contributed by atoms with E-state index in [1.165, 1.54) is 84.9 Å². The third-order valence-electron chi connectivity index (χ3n) is 14.5. The van der Waals surface area contributed by atoms with Crippen molar-refractivity contribution in [2.24, 2.45) is 7.05 Å². The van der Waals surface area contributed by atoms with Gasteiger partial charge >= 0.3 is 11.9 Å². The van der Waals surface area contributed by atoms with E-state index in [4.69, 9.17) is 0 Å². The zero-order chi connectivity index (χ0) is 55.9. The van der Waals surface area contributed by atoms with Crippen LogP contribution in [0.25, 0.3) is 68.0 Å². The maximum atomic E-state index is 12.9. The molecule has 11 rings (SSSR count). The molecule has 10 nitrogen and oxygen atoms in total. The number of fused-ring (bicyclic) bond motifs is 5. The summed E-state index contributed by atoms with van der Waals surface area (Å²) in [5.41, 5.74) is 15.0. The summed E-state index contributed by atoms with van der Waals surface area (Å²) in [6.45, 7) is 5.42. The summed E-state index contributed by atoms with van der Waals surface area (Å²) in [6, 6.07) is 57.6. The van der Waals surface area contributed by atoms with Gasteiger partial charge in [0.25, 0.3) is 0 Å². The molecule has 0 unspecified atom stereocenters. The van der Waals surface area contributed by atoms with E-state index >= 15 is 0 Å². The van der Waals surface area contributed by atoms with Crippen molar-refractivity contribution in [3.05, 3.63) is 249 Å². The van der Waals surface area contributed by atoms with Gasteiger partial charge in [-0.2, -0.15) is 4.57 Å². The molecule has 0 spiro atoms. The van der Waals surface area contributed by atoms with Crippen LogP contribution in [0.15, 0.2) is 182 Å². The maximum Gasteiger partial charge on any atom is 0.339 e. The third kappa shape index (κ3) is 12.2. The fraction of sp³-hybridized carbons (Fsp3) is 0.145. The number of carboxylic acid groups (broad SMARTS) is 2. The standard InChI is InChI=1S/C26H28N3.C23H16O6.C20H21N.ClH/c1-19-17-21(20(2)29(19)24-9-7-6-8-10-24)11-13-23-14-12-22-18-25(27(3)4)15-16-26(22)28(23)5;24-20-16(14-7-3-1-5-12(14)9-18(20)22(26)27)11-17-15-8-4-2-6-13(15)10-19(21(17)25)23(28)29;1-21(2)15-7-12-20-18-10-5-3-8-16(18)13-14-17-9-4-6-11-19(17)20;/h6-18H,1-5H3;1-10,24-25H,11H2,(H,26,27)(H,28,29);3-6,8-14H,7,15H2,1-2H3;1H/q+1;;;/p-1. The SMILES string of the molecule is CN(C)CCC=C1c2ccccc2C=Cc2ccccc21.Cc1cc(C=Cc2ccc3cc(N(C)C)ccc3[n+]2C)c(C)n1-c1ccccc1.Cl.O=C(O)c1cc2ccccc2c(Cc2c(O)c(C(=O)O)cc3ccccc23)c1[O-]. The molecule has 0 atom stereocenters. The molecule has 0 saturated heterocycles. The lowest BCUT2D eigenvalue weighted by Crippen LogP contribution is -2.32. The van der Waals surface area contributed by atoms with Crippen LogP contribution >= 0.6 is 12.4 Å². The first-order chi connectivity index (χ1) is 38.1. The lowest BCUT2D eigenvalue weighted by Gasteiger charge is -2.21. The first-order valence-corrected chi connectivity index (χ1v) is 26.3. The zero-order valence-corrected chi connectivity index (χ0v) is 46.8. The molecule has 11 heteroatoms. The summed E-state index contributed by atoms with van der Waals surface area (Å²) in [5, 5.41) is 46.1. The van der Waals surface area contributed by atoms with Crippen molar-refractivity contribution in [1.82, 2.24) is 9.47 Å². The van der Waals surface area contributed by atoms with Crippen LogP contribution in [0, 0.1) is 13.8 Å². The summed E-state index contributed by atoms with van der Waals surface area (Å²) in [5.74, 6) is -3.71. The van der Waals surface area contributed by atoms with Gasteiger partial charge in [-0.1, -0.05) is 139 Å². The summed E-state index contributed by atoms with van der Waals surface area (Å²) in [6.07, 6.45) is 12.2. The van der Waals surface area contributed by atoms with Crippen LogP contribution in [-0.2, 0) is 13.5 Å². The van der Waals surface area contributed by atoms with Gasteiger partial charge in [-0.3, -0.25) is 0 Å². The number of carboxylic acids is 2. The Labute approximate surface area is 473 Å². The lowest BCUT2D eigenvalue weighted by atomic mass is 9.90. The van der Waals surface area contributed by atoms with Crippen molar-refractivity contribution in [1.29, 1.82) is 0 Å². The summed E-state index contributed by atoms with van der Waals surface area (Å²) in [4.78, 5) is 27.5. The van der Waals surface area contributed by atoms with E-state index in [0.717, 1.165) is 13.0 Å². The van der Waals surface area contributed by atoms with Crippen molar-refractivity contribution < 1.29 is 34.6 Å². The van der Waals surface area contributed by atoms with Gasteiger partial charge in [0.15, 0.2) is 0 Å². The first-order valence-electron chi connectivity index (χ1n) is 26.3. The highest BCUT2D eigenvalue weighted by Gasteiger charge is 2.21. The van der Waals surface area contributed by atoms with Crippen LogP contribution in [0.3, 0.4) is 0 Å². The highest BCUT2D eigenvalue weighted by atomic mass is 35.5. The third-order valence-corrected chi connectivity index (χ3v) is 14.5. The van der Waals surface area contributed by atoms with Crippen LogP contribution in [0.1, 0.15) is 83.2 Å². The Balaban J connectivity index is 0.000000159. The second-order valence-electron chi connectivity index (χ2n) is 20.2. The first kappa shape index (κ1) is 57.0. The van der Waals surface area contributed by atoms with E-state index in [-0.39, 0.29) is 41.1 Å². The van der Waals surface area contributed by atoms with Gasteiger partial charge in [-0.25, -0.2) is 9.59 Å². The van der Waals surface area contributed by atoms with Gasteiger partial charge in [-0.15, -0.1) is 12.4 Å². The Bertz CT molecular complexity index is 3870. The highest BCUT2D eigenvalue weighted by Crippen LogP contribution is 2.39. The van der Waals surface area contributed by atoms with E-state index in [0.29, 0.717) is 21.5 Å². The maximum absolute atomic E-state index is 12.9. The quantitative estimate of drug-likeness (QED) is 0.109. The molecule has 1 aliphatic rings. The number of benzene rings is 8. The minimum Gasteiger partial charge on any atom is -0.872 e. The Kier molecular flexibility index (Phi) is 17.8. The van der Waals surface area contributed by atoms with Crippen LogP contribution in [-0.4, -0.2) is 71.5 Å². The van der Waals surface area contributed by atoms with Crippen molar-refractivity contribution in [3.8, 4) is 17.2 Å². The Morgan fingerprint density at radius 1 is 0.625 bits per heavy atom. The fourth-order valence-corrected chi connectivity index (χ4v) is 10.4. The van der Waals surface area contributed by atoms with Crippen LogP contribution < -0.4 is 14.6 Å². The minimum absolute atomic E-state index is 0. The second kappa shape index (κ2) is 25.1. The van der Waals surface area contributed by atoms with Crippen LogP contribution in [0.2, 0.25) is 0 Å². The van der Waals surface area contributed by atoms with E-state index in [9.17, 15) is 30.0 Å². The molecule has 0 fully saturated rings. The number of halogens is 1. The topological polar surface area (TPSA) is 133 Å². The number of pyridine rings is 1. The van der Waals surface area contributed by atoms with Gasteiger partial charge < -0.3 is 34.8 Å². The monoisotopic (exact) mass is 1080 g/mol. The number of para-hydroxylation sites is 1. The van der Waals surface area contributed by atoms with Crippen molar-refractivity contribution >= 4 is 92.4 Å². The molecule has 8 aromatic carbocycles. The van der Waals surface area contributed by atoms with Gasteiger partial charge in [-0.05, 0) is 149 Å². The molecule has 404 valence electrons. The fourth-order valence-electron chi connectivity index (χ4n) is 10.4. The molecule has 0 amide bonds. The predicted octanol–water partition coefficient (Wildman–Crippen LogP) is 14.0. The van der Waals surface area contributed by atoms with Crippen molar-refractivity contribution in [2.45, 2.75) is 26.7 Å². The predicted molar refractivity (Wildman–Crippen MR) is 329 cm³/mol. The van der Waals surface area contributed by atoms with Crippen LogP contribution in [0.5, 0.6) is 11.5 Å². The molecule has 2 aromatic heterocycles. The van der Waals surface area contributed by atoms with E-state index < -0.39 is 23.4 Å². The number of rotatable bonds is 11. The molecular weight excluding hydrogens is 1020 g/mol. The number of aryl methyl sites for hydroxylation is 2. The molecule has 0 radical (unpaired) electrons. The smallest absolute Gasteiger partial charge is 0.339 e. The zero-order valence-electron chi connectivity index (χ0n) is 46.0. The molecule has 10 aromatic rings. The summed E-state index contributed by atoms with van der Waals surface area (Å²) in [7, 11) is 10.5. The van der Waals surface area contributed by atoms with Crippen LogP contribution in [0.4, 0.5) is 5.69 Å². The van der Waals surface area contributed by atoms with Crippen molar-refractivity contribution in [3.63, 3.8) is 0 Å². The van der Waals surface area contributed by atoms with Gasteiger partial charge in [0.1, 0.15) is 18.4 Å². The van der Waals surface area contributed by atoms with Gasteiger partial charge in [0.2, 0.25) is 11.2 Å². The average Bonchev–Trinajstić information content (AvgIpc) is 3.71. The number of aromatic nitrogens is 2. The molecular formula is C69H65ClN4O6. The number of phenols is 1. The van der Waals surface area contributed by atoms with Gasteiger partial charge in [0.05, 0.1) is 5.56 Å². The molecule has 0 aliphatic heterocycles. The molecule has 3 N–H and O–H groups in total. The second-order valence-corrected chi connectivity index (χ2v) is 20.2. The minimum atomic E-state index is -1.34. The lowest BCUT2D eigenvalue weighted by molar-refractivity contribution is -0.646. The molecule has 80 heavy (non-hydrogen) atoms. The number of hydrogen-bond donors (Lipinski definition) is 3. The molecule has 0 saturated carbocycles. The number of carbonyl (C=O) groups is 2.